The second-order valence-electron chi connectivity index (χ2n) is 6.26. The molecule has 0 aliphatic carbocycles. The van der Waals surface area contributed by atoms with Gasteiger partial charge in [0.2, 0.25) is 5.91 Å². The summed E-state index contributed by atoms with van der Waals surface area (Å²) in [6, 6.07) is 7.45. The van der Waals surface area contributed by atoms with Crippen molar-refractivity contribution in [3.63, 3.8) is 0 Å². The fourth-order valence-electron chi connectivity index (χ4n) is 1.74. The molecule has 0 aliphatic rings. The molecular formula is C16H24N2O2. The molecule has 0 heterocycles. The van der Waals surface area contributed by atoms with Gasteiger partial charge in [-0.1, -0.05) is 26.0 Å². The number of hydrogen-bond acceptors (Lipinski definition) is 2. The van der Waals surface area contributed by atoms with Crippen LogP contribution < -0.4 is 10.6 Å². The first-order chi connectivity index (χ1) is 9.19. The topological polar surface area (TPSA) is 58.2 Å². The lowest BCUT2D eigenvalue weighted by Crippen LogP contribution is -2.45. The Morgan fingerprint density at radius 3 is 2.10 bits per heavy atom. The van der Waals surface area contributed by atoms with Gasteiger partial charge in [0.25, 0.3) is 5.91 Å². The highest BCUT2D eigenvalue weighted by Crippen LogP contribution is 2.14. The molecule has 4 heteroatoms. The maximum Gasteiger partial charge on any atom is 0.251 e. The van der Waals surface area contributed by atoms with E-state index >= 15 is 0 Å². The standard InChI is InChI=1S/C16H24N2O2/c1-11(2)12-6-8-13(9-7-12)15(20)17-10-14(19)18-16(3,4)5/h6-9,11H,10H2,1-5H3,(H,17,20)(H,18,19). The number of rotatable bonds is 4. The highest BCUT2D eigenvalue weighted by Gasteiger charge is 2.14. The molecule has 1 aromatic carbocycles. The van der Waals surface area contributed by atoms with Gasteiger partial charge in [-0.2, -0.15) is 0 Å². The first-order valence-corrected chi connectivity index (χ1v) is 6.88. The number of carbonyl (C=O) groups is 2. The van der Waals surface area contributed by atoms with Gasteiger partial charge in [0.05, 0.1) is 6.54 Å². The van der Waals surface area contributed by atoms with E-state index in [0.29, 0.717) is 11.5 Å². The summed E-state index contributed by atoms with van der Waals surface area (Å²) >= 11 is 0. The molecule has 0 atom stereocenters. The second kappa shape index (κ2) is 6.55. The van der Waals surface area contributed by atoms with Crippen LogP contribution in [-0.2, 0) is 4.79 Å². The lowest BCUT2D eigenvalue weighted by Gasteiger charge is -2.20. The molecular weight excluding hydrogens is 252 g/mol. The summed E-state index contributed by atoms with van der Waals surface area (Å²) in [6.07, 6.45) is 0. The molecule has 0 aliphatic heterocycles. The molecule has 0 fully saturated rings. The van der Waals surface area contributed by atoms with E-state index < -0.39 is 0 Å². The Morgan fingerprint density at radius 2 is 1.65 bits per heavy atom. The smallest absolute Gasteiger partial charge is 0.251 e. The summed E-state index contributed by atoms with van der Waals surface area (Å²) in [5, 5.41) is 5.42. The van der Waals surface area contributed by atoms with Gasteiger partial charge in [-0.3, -0.25) is 9.59 Å². The molecule has 0 saturated carbocycles. The third kappa shape index (κ3) is 5.43. The van der Waals surface area contributed by atoms with Gasteiger partial charge >= 0.3 is 0 Å². The van der Waals surface area contributed by atoms with Crippen molar-refractivity contribution in [2.75, 3.05) is 6.54 Å². The minimum absolute atomic E-state index is 0.0119. The molecule has 1 rings (SSSR count). The van der Waals surface area contributed by atoms with Crippen LogP contribution in [0.15, 0.2) is 24.3 Å². The predicted molar refractivity (Wildman–Crippen MR) is 80.8 cm³/mol. The molecule has 1 aromatic rings. The highest BCUT2D eigenvalue weighted by molar-refractivity contribution is 5.96. The lowest BCUT2D eigenvalue weighted by molar-refractivity contribution is -0.121. The van der Waals surface area contributed by atoms with Gasteiger partial charge in [-0.15, -0.1) is 0 Å². The third-order valence-electron chi connectivity index (χ3n) is 2.76. The van der Waals surface area contributed by atoms with E-state index in [-0.39, 0.29) is 23.9 Å². The summed E-state index contributed by atoms with van der Waals surface area (Å²) in [4.78, 5) is 23.5. The number of hydrogen-bond donors (Lipinski definition) is 2. The molecule has 0 bridgehead atoms. The second-order valence-corrected chi connectivity index (χ2v) is 6.26. The quantitative estimate of drug-likeness (QED) is 0.887. The Bertz CT molecular complexity index is 470. The monoisotopic (exact) mass is 276 g/mol. The average Bonchev–Trinajstić information content (AvgIpc) is 2.34. The van der Waals surface area contributed by atoms with Gasteiger partial charge in [0, 0.05) is 11.1 Å². The molecule has 0 saturated heterocycles. The van der Waals surface area contributed by atoms with Crippen molar-refractivity contribution in [1.82, 2.24) is 10.6 Å². The van der Waals surface area contributed by atoms with Crippen LogP contribution in [0, 0.1) is 0 Å². The van der Waals surface area contributed by atoms with E-state index in [4.69, 9.17) is 0 Å². The van der Waals surface area contributed by atoms with E-state index in [1.807, 2.05) is 32.9 Å². The molecule has 2 amide bonds. The largest absolute Gasteiger partial charge is 0.350 e. The van der Waals surface area contributed by atoms with Gasteiger partial charge in [0.1, 0.15) is 0 Å². The summed E-state index contributed by atoms with van der Waals surface area (Å²) in [7, 11) is 0. The third-order valence-corrected chi connectivity index (χ3v) is 2.76. The molecule has 110 valence electrons. The van der Waals surface area contributed by atoms with E-state index in [2.05, 4.69) is 24.5 Å². The predicted octanol–water partition coefficient (Wildman–Crippen LogP) is 2.45. The molecule has 0 radical (unpaired) electrons. The molecule has 0 aromatic heterocycles. The van der Waals surface area contributed by atoms with E-state index in [9.17, 15) is 9.59 Å². The Hall–Kier alpha value is -1.84. The van der Waals surface area contributed by atoms with E-state index in [0.717, 1.165) is 0 Å². The van der Waals surface area contributed by atoms with Crippen molar-refractivity contribution in [2.24, 2.45) is 0 Å². The highest BCUT2D eigenvalue weighted by atomic mass is 16.2. The van der Waals surface area contributed by atoms with Gasteiger partial charge in [0.15, 0.2) is 0 Å². The Balaban J connectivity index is 2.53. The maximum atomic E-state index is 11.9. The van der Waals surface area contributed by atoms with Crippen molar-refractivity contribution >= 4 is 11.8 Å². The van der Waals surface area contributed by atoms with Crippen LogP contribution >= 0.6 is 0 Å². The SMILES string of the molecule is CC(C)c1ccc(C(=O)NCC(=O)NC(C)(C)C)cc1. The van der Waals surface area contributed by atoms with Gasteiger partial charge in [-0.05, 0) is 44.4 Å². The Labute approximate surface area is 121 Å². The van der Waals surface area contributed by atoms with Crippen molar-refractivity contribution in [1.29, 1.82) is 0 Å². The van der Waals surface area contributed by atoms with Crippen molar-refractivity contribution < 1.29 is 9.59 Å². The Kier molecular flexibility index (Phi) is 5.31. The molecule has 0 unspecified atom stereocenters. The van der Waals surface area contributed by atoms with Crippen LogP contribution in [0.1, 0.15) is 56.5 Å². The summed E-state index contributed by atoms with van der Waals surface area (Å²) in [5.41, 5.74) is 1.46. The summed E-state index contributed by atoms with van der Waals surface area (Å²) in [5.74, 6) is 0.0127. The fraction of sp³-hybridized carbons (Fsp3) is 0.500. The van der Waals surface area contributed by atoms with Crippen LogP contribution in [0.3, 0.4) is 0 Å². The fourth-order valence-corrected chi connectivity index (χ4v) is 1.74. The van der Waals surface area contributed by atoms with Gasteiger partial charge < -0.3 is 10.6 Å². The first kappa shape index (κ1) is 16.2. The van der Waals surface area contributed by atoms with Gasteiger partial charge in [-0.25, -0.2) is 0 Å². The number of amides is 2. The normalized spacial score (nSPS) is 11.3. The van der Waals surface area contributed by atoms with Crippen LogP contribution in [0.25, 0.3) is 0 Å². The van der Waals surface area contributed by atoms with Crippen molar-refractivity contribution in [3.05, 3.63) is 35.4 Å². The molecule has 4 nitrogen and oxygen atoms in total. The summed E-state index contributed by atoms with van der Waals surface area (Å²) < 4.78 is 0. The minimum atomic E-state index is -0.291. The van der Waals surface area contributed by atoms with Crippen LogP contribution in [0.4, 0.5) is 0 Å². The zero-order valence-electron chi connectivity index (χ0n) is 12.9. The molecule has 2 N–H and O–H groups in total. The maximum absolute atomic E-state index is 11.9. The van der Waals surface area contributed by atoms with Crippen molar-refractivity contribution in [3.8, 4) is 0 Å². The summed E-state index contributed by atoms with van der Waals surface area (Å²) in [6.45, 7) is 9.89. The zero-order valence-corrected chi connectivity index (χ0v) is 12.9. The van der Waals surface area contributed by atoms with Crippen LogP contribution in [0.2, 0.25) is 0 Å². The number of benzene rings is 1. The average molecular weight is 276 g/mol. The number of nitrogens with one attached hydrogen (secondary N) is 2. The lowest BCUT2D eigenvalue weighted by atomic mass is 10.0. The molecule has 0 spiro atoms. The first-order valence-electron chi connectivity index (χ1n) is 6.88. The number of carbonyl (C=O) groups excluding carboxylic acids is 2. The van der Waals surface area contributed by atoms with Crippen LogP contribution in [-0.4, -0.2) is 23.9 Å². The van der Waals surface area contributed by atoms with Crippen molar-refractivity contribution in [2.45, 2.75) is 46.1 Å². The van der Waals surface area contributed by atoms with E-state index in [1.54, 1.807) is 12.1 Å². The van der Waals surface area contributed by atoms with E-state index in [1.165, 1.54) is 5.56 Å². The minimum Gasteiger partial charge on any atom is -0.350 e. The van der Waals surface area contributed by atoms with Crippen LogP contribution in [0.5, 0.6) is 0 Å². The zero-order chi connectivity index (χ0) is 15.3. The Morgan fingerprint density at radius 1 is 1.10 bits per heavy atom. The molecule has 20 heavy (non-hydrogen) atoms.